The van der Waals surface area contributed by atoms with Crippen LogP contribution in [0.1, 0.15) is 252 Å². The largest absolute Gasteiger partial charge is 0.462 e. The quantitative estimate of drug-likeness (QED) is 0.0262. The third kappa shape index (κ3) is 51.4. The number of allylic oxidation sites excluding steroid dienone is 14. The fourth-order valence-corrected chi connectivity index (χ4v) is 7.28. The SMILES string of the molecule is CC/C=C\C/C=C\C/C=C\C/C=C\CCCCC(=O)O[C@H](COC(=O)CCCCCCC/C=C\CCCCCC)COC(=O)CCCCCCCCCCC/C=C\C/C=C\CCCCC. The van der Waals surface area contributed by atoms with Gasteiger partial charge in [0, 0.05) is 19.3 Å². The highest BCUT2D eigenvalue weighted by Crippen LogP contribution is 2.14. The van der Waals surface area contributed by atoms with Crippen LogP contribution in [-0.4, -0.2) is 37.2 Å². The molecule has 0 aliphatic rings. The van der Waals surface area contributed by atoms with Gasteiger partial charge < -0.3 is 14.2 Å². The number of ether oxygens (including phenoxy) is 3. The van der Waals surface area contributed by atoms with Gasteiger partial charge in [-0.15, -0.1) is 0 Å². The summed E-state index contributed by atoms with van der Waals surface area (Å²) < 4.78 is 16.8. The third-order valence-electron chi connectivity index (χ3n) is 11.4. The summed E-state index contributed by atoms with van der Waals surface area (Å²) in [6.07, 6.45) is 68.5. The van der Waals surface area contributed by atoms with E-state index in [9.17, 15) is 14.4 Å². The van der Waals surface area contributed by atoms with Gasteiger partial charge in [-0.1, -0.05) is 202 Å². The van der Waals surface area contributed by atoms with E-state index in [1.165, 1.54) is 116 Å². The number of carbonyl (C=O) groups excluding carboxylic acids is 3. The average molecular weight is 905 g/mol. The lowest BCUT2D eigenvalue weighted by molar-refractivity contribution is -0.167. The maximum atomic E-state index is 12.8. The summed E-state index contributed by atoms with van der Waals surface area (Å²) in [6.45, 7) is 6.44. The van der Waals surface area contributed by atoms with Crippen LogP contribution in [0.5, 0.6) is 0 Å². The zero-order valence-electron chi connectivity index (χ0n) is 42.5. The topological polar surface area (TPSA) is 78.9 Å². The normalized spacial score (nSPS) is 12.7. The van der Waals surface area contributed by atoms with Crippen molar-refractivity contribution in [3.05, 3.63) is 85.1 Å². The maximum absolute atomic E-state index is 12.8. The number of rotatable bonds is 48. The molecule has 372 valence electrons. The summed E-state index contributed by atoms with van der Waals surface area (Å²) in [4.78, 5) is 38.0. The van der Waals surface area contributed by atoms with E-state index < -0.39 is 6.10 Å². The first-order valence-electron chi connectivity index (χ1n) is 27.1. The van der Waals surface area contributed by atoms with Crippen LogP contribution in [0.15, 0.2) is 85.1 Å². The molecule has 1 atom stereocenters. The lowest BCUT2D eigenvalue weighted by atomic mass is 10.1. The van der Waals surface area contributed by atoms with Crippen LogP contribution in [0, 0.1) is 0 Å². The molecule has 0 aliphatic carbocycles. The first-order valence-corrected chi connectivity index (χ1v) is 27.1. The molecule has 0 spiro atoms. The average Bonchev–Trinajstić information content (AvgIpc) is 3.30. The van der Waals surface area contributed by atoms with E-state index in [2.05, 4.69) is 106 Å². The predicted octanol–water partition coefficient (Wildman–Crippen LogP) is 18.0. The molecule has 0 saturated heterocycles. The molecule has 0 heterocycles. The Morgan fingerprint density at radius 3 is 1.02 bits per heavy atom. The van der Waals surface area contributed by atoms with Gasteiger partial charge >= 0.3 is 17.9 Å². The van der Waals surface area contributed by atoms with E-state index in [0.717, 1.165) is 89.9 Å². The van der Waals surface area contributed by atoms with E-state index in [-0.39, 0.29) is 37.5 Å². The molecule has 6 nitrogen and oxygen atoms in total. The molecule has 0 rings (SSSR count). The molecule has 65 heavy (non-hydrogen) atoms. The summed E-state index contributed by atoms with van der Waals surface area (Å²) in [5, 5.41) is 0. The minimum atomic E-state index is -0.803. The second kappa shape index (κ2) is 53.2. The Morgan fingerprint density at radius 1 is 0.323 bits per heavy atom. The van der Waals surface area contributed by atoms with Crippen LogP contribution in [0.3, 0.4) is 0 Å². The van der Waals surface area contributed by atoms with Crippen molar-refractivity contribution in [3.8, 4) is 0 Å². The second-order valence-corrected chi connectivity index (χ2v) is 17.7. The van der Waals surface area contributed by atoms with Gasteiger partial charge in [-0.2, -0.15) is 0 Å². The van der Waals surface area contributed by atoms with Gasteiger partial charge in [0.15, 0.2) is 6.10 Å². The summed E-state index contributed by atoms with van der Waals surface area (Å²) in [5.41, 5.74) is 0. The fraction of sp³-hybridized carbons (Fsp3) is 0.712. The van der Waals surface area contributed by atoms with Crippen LogP contribution in [-0.2, 0) is 28.6 Å². The van der Waals surface area contributed by atoms with Crippen molar-refractivity contribution in [2.45, 2.75) is 258 Å². The van der Waals surface area contributed by atoms with Crippen molar-refractivity contribution >= 4 is 17.9 Å². The van der Waals surface area contributed by atoms with E-state index >= 15 is 0 Å². The molecule has 0 fully saturated rings. The van der Waals surface area contributed by atoms with E-state index in [1.54, 1.807) is 0 Å². The Bertz CT molecular complexity index is 1270. The van der Waals surface area contributed by atoms with Crippen molar-refractivity contribution in [1.82, 2.24) is 0 Å². The van der Waals surface area contributed by atoms with Gasteiger partial charge in [-0.05, 0) is 116 Å². The number of esters is 3. The highest BCUT2D eigenvalue weighted by atomic mass is 16.6. The lowest BCUT2D eigenvalue weighted by Gasteiger charge is -2.18. The van der Waals surface area contributed by atoms with E-state index in [0.29, 0.717) is 19.3 Å². The maximum Gasteiger partial charge on any atom is 0.306 e. The minimum absolute atomic E-state index is 0.0983. The van der Waals surface area contributed by atoms with Crippen LogP contribution < -0.4 is 0 Å². The summed E-state index contributed by atoms with van der Waals surface area (Å²) in [7, 11) is 0. The summed E-state index contributed by atoms with van der Waals surface area (Å²) in [6, 6.07) is 0. The Kier molecular flexibility index (Phi) is 50.4. The highest BCUT2D eigenvalue weighted by Gasteiger charge is 2.19. The zero-order chi connectivity index (χ0) is 47.2. The van der Waals surface area contributed by atoms with Gasteiger partial charge in [0.05, 0.1) is 0 Å². The van der Waals surface area contributed by atoms with Crippen molar-refractivity contribution in [1.29, 1.82) is 0 Å². The summed E-state index contributed by atoms with van der Waals surface area (Å²) in [5.74, 6) is -0.952. The molecule has 0 amide bonds. The van der Waals surface area contributed by atoms with E-state index in [1.807, 2.05) is 0 Å². The molecule has 0 aliphatic heterocycles. The molecule has 0 radical (unpaired) electrons. The first-order chi connectivity index (χ1) is 32.0. The molecule has 0 saturated carbocycles. The Hall–Kier alpha value is -3.41. The molecular formula is C59H100O6. The van der Waals surface area contributed by atoms with Gasteiger partial charge in [-0.25, -0.2) is 0 Å². The molecule has 0 aromatic rings. The fourth-order valence-electron chi connectivity index (χ4n) is 7.28. The predicted molar refractivity (Wildman–Crippen MR) is 279 cm³/mol. The second-order valence-electron chi connectivity index (χ2n) is 17.7. The molecule has 0 aromatic carbocycles. The Balaban J connectivity index is 4.43. The lowest BCUT2D eigenvalue weighted by Crippen LogP contribution is -2.30. The summed E-state index contributed by atoms with van der Waals surface area (Å²) >= 11 is 0. The molecule has 0 aromatic heterocycles. The van der Waals surface area contributed by atoms with Crippen LogP contribution in [0.2, 0.25) is 0 Å². The van der Waals surface area contributed by atoms with Gasteiger partial charge in [-0.3, -0.25) is 14.4 Å². The molecule has 0 unspecified atom stereocenters. The molecule has 0 N–H and O–H groups in total. The molecule has 6 heteroatoms. The van der Waals surface area contributed by atoms with Crippen LogP contribution in [0.25, 0.3) is 0 Å². The number of hydrogen-bond acceptors (Lipinski definition) is 6. The van der Waals surface area contributed by atoms with Crippen molar-refractivity contribution < 1.29 is 28.6 Å². The van der Waals surface area contributed by atoms with Gasteiger partial charge in [0.25, 0.3) is 0 Å². The standard InChI is InChI=1S/C59H100O6/c1-4-7-10-13-16-19-22-25-27-28-29-30-32-34-37-40-43-46-49-52-58(61)64-55-56(54-63-57(60)51-48-45-42-39-36-33-24-21-18-15-12-9-6-3)65-59(62)53-50-47-44-41-38-35-31-26-23-20-17-14-11-8-5-2/h8,11,16-17,19-21,24-27,31,38,41,56H,4-7,9-10,12-15,18,22-23,28-30,32-37,39-40,42-55H2,1-3H3/b11-8-,19-16-,20-17-,24-21-,27-25-,31-26-,41-38-/t56-/m1/s1. The van der Waals surface area contributed by atoms with Crippen molar-refractivity contribution in [3.63, 3.8) is 0 Å². The van der Waals surface area contributed by atoms with Gasteiger partial charge in [0.2, 0.25) is 0 Å². The van der Waals surface area contributed by atoms with Crippen LogP contribution in [0.4, 0.5) is 0 Å². The third-order valence-corrected chi connectivity index (χ3v) is 11.4. The van der Waals surface area contributed by atoms with Crippen LogP contribution >= 0.6 is 0 Å². The number of unbranched alkanes of at least 4 members (excludes halogenated alkanes) is 23. The number of hydrogen-bond donors (Lipinski definition) is 0. The first kappa shape index (κ1) is 61.6. The van der Waals surface area contributed by atoms with E-state index in [4.69, 9.17) is 14.2 Å². The monoisotopic (exact) mass is 905 g/mol. The van der Waals surface area contributed by atoms with Gasteiger partial charge in [0.1, 0.15) is 13.2 Å². The van der Waals surface area contributed by atoms with Crippen molar-refractivity contribution in [2.24, 2.45) is 0 Å². The smallest absolute Gasteiger partial charge is 0.306 e. The Morgan fingerprint density at radius 2 is 0.600 bits per heavy atom. The van der Waals surface area contributed by atoms with Crippen molar-refractivity contribution in [2.75, 3.05) is 13.2 Å². The highest BCUT2D eigenvalue weighted by molar-refractivity contribution is 5.71. The molecular weight excluding hydrogens is 805 g/mol. The number of carbonyl (C=O) groups is 3. The minimum Gasteiger partial charge on any atom is -0.462 e. The molecule has 0 bridgehead atoms. The Labute approximate surface area is 401 Å². The zero-order valence-corrected chi connectivity index (χ0v) is 42.5.